The first-order valence-corrected chi connectivity index (χ1v) is 13.6. The lowest BCUT2D eigenvalue weighted by Crippen LogP contribution is -2.53. The smallest absolute Gasteiger partial charge is 0.244 e. The van der Waals surface area contributed by atoms with Crippen molar-refractivity contribution in [3.63, 3.8) is 0 Å². The van der Waals surface area contributed by atoms with Crippen LogP contribution in [-0.2, 0) is 26.2 Å². The van der Waals surface area contributed by atoms with Crippen molar-refractivity contribution in [2.75, 3.05) is 17.1 Å². The van der Waals surface area contributed by atoms with Crippen LogP contribution >= 0.6 is 15.9 Å². The average Bonchev–Trinajstić information content (AvgIpc) is 2.77. The lowest BCUT2D eigenvalue weighted by atomic mass is 10.1. The number of hydrogen-bond donors (Lipinski definition) is 1. The number of amides is 2. The molecule has 7 nitrogen and oxygen atoms in total. The molecule has 2 rings (SSSR count). The molecule has 0 radical (unpaired) electrons. The molecule has 2 aromatic rings. The van der Waals surface area contributed by atoms with Crippen LogP contribution in [0.2, 0.25) is 0 Å². The second kappa shape index (κ2) is 12.2. The number of nitrogens with zero attached hydrogens (tertiary/aromatic N) is 2. The second-order valence-electron chi connectivity index (χ2n) is 7.97. The Morgan fingerprint density at radius 1 is 1.00 bits per heavy atom. The average molecular weight is 539 g/mol. The van der Waals surface area contributed by atoms with E-state index in [4.69, 9.17) is 0 Å². The van der Waals surface area contributed by atoms with Crippen LogP contribution in [0.5, 0.6) is 0 Å². The van der Waals surface area contributed by atoms with E-state index in [1.807, 2.05) is 51.1 Å². The highest BCUT2D eigenvalue weighted by molar-refractivity contribution is 9.10. The summed E-state index contributed by atoms with van der Waals surface area (Å²) in [5, 5.41) is 2.95. The fourth-order valence-electron chi connectivity index (χ4n) is 3.39. The summed E-state index contributed by atoms with van der Waals surface area (Å²) in [6.45, 7) is 5.50. The highest BCUT2D eigenvalue weighted by atomic mass is 79.9. The van der Waals surface area contributed by atoms with E-state index in [2.05, 4.69) is 21.2 Å². The topological polar surface area (TPSA) is 86.8 Å². The lowest BCUT2D eigenvalue weighted by molar-refractivity contribution is -0.140. The first kappa shape index (κ1) is 26.9. The molecule has 33 heavy (non-hydrogen) atoms. The Morgan fingerprint density at radius 2 is 1.61 bits per heavy atom. The summed E-state index contributed by atoms with van der Waals surface area (Å²) >= 11 is 3.38. The van der Waals surface area contributed by atoms with Gasteiger partial charge >= 0.3 is 0 Å². The number of rotatable bonds is 11. The number of sulfonamides is 1. The van der Waals surface area contributed by atoms with Crippen LogP contribution in [0.15, 0.2) is 59.1 Å². The van der Waals surface area contributed by atoms with Crippen molar-refractivity contribution in [1.29, 1.82) is 0 Å². The number of hydrogen-bond acceptors (Lipinski definition) is 4. The molecule has 0 fully saturated rings. The van der Waals surface area contributed by atoms with Gasteiger partial charge in [0.05, 0.1) is 11.9 Å². The predicted octanol–water partition coefficient (Wildman–Crippen LogP) is 3.94. The zero-order chi connectivity index (χ0) is 24.6. The van der Waals surface area contributed by atoms with Gasteiger partial charge in [0.2, 0.25) is 21.8 Å². The van der Waals surface area contributed by atoms with Gasteiger partial charge in [0, 0.05) is 17.1 Å². The van der Waals surface area contributed by atoms with E-state index in [1.54, 1.807) is 24.3 Å². The molecule has 0 spiro atoms. The van der Waals surface area contributed by atoms with Gasteiger partial charge in [0.25, 0.3) is 0 Å². The van der Waals surface area contributed by atoms with Gasteiger partial charge in [-0.25, -0.2) is 8.42 Å². The summed E-state index contributed by atoms with van der Waals surface area (Å²) in [5.41, 5.74) is 1.22. The Kier molecular flexibility index (Phi) is 9.91. The van der Waals surface area contributed by atoms with Gasteiger partial charge in [-0.1, -0.05) is 56.3 Å². The van der Waals surface area contributed by atoms with Crippen molar-refractivity contribution in [2.24, 2.45) is 0 Å². The quantitative estimate of drug-likeness (QED) is 0.470. The van der Waals surface area contributed by atoms with E-state index >= 15 is 0 Å². The number of benzene rings is 2. The van der Waals surface area contributed by atoms with Gasteiger partial charge in [0.15, 0.2) is 0 Å². The van der Waals surface area contributed by atoms with Crippen LogP contribution in [-0.4, -0.2) is 50.0 Å². The van der Waals surface area contributed by atoms with Crippen LogP contribution < -0.4 is 9.62 Å². The van der Waals surface area contributed by atoms with E-state index in [-0.39, 0.29) is 18.5 Å². The Hall–Kier alpha value is -2.39. The first-order chi connectivity index (χ1) is 15.6. The molecule has 0 saturated carbocycles. The molecule has 0 bridgehead atoms. The molecule has 0 aliphatic rings. The normalized spacial score (nSPS) is 13.1. The molecular weight excluding hydrogens is 506 g/mol. The van der Waals surface area contributed by atoms with Crippen molar-refractivity contribution in [2.45, 2.75) is 52.2 Å². The fourth-order valence-corrected chi connectivity index (χ4v) is 4.87. The highest BCUT2D eigenvalue weighted by Crippen LogP contribution is 2.28. The van der Waals surface area contributed by atoms with Crippen LogP contribution in [0.1, 0.15) is 39.2 Å². The molecule has 9 heteroatoms. The van der Waals surface area contributed by atoms with Crippen LogP contribution in [0.25, 0.3) is 0 Å². The SMILES string of the molecule is CCC(C)NC(=O)C(CC)N(Cc1ccccc1)C(=O)CN(c1ccccc1Br)S(C)(=O)=O. The minimum atomic E-state index is -3.76. The summed E-state index contributed by atoms with van der Waals surface area (Å²) < 4.78 is 26.8. The lowest BCUT2D eigenvalue weighted by Gasteiger charge is -2.33. The van der Waals surface area contributed by atoms with Crippen LogP contribution in [0.4, 0.5) is 5.69 Å². The minimum Gasteiger partial charge on any atom is -0.352 e. The number of halogens is 1. The van der Waals surface area contributed by atoms with Gasteiger partial charge in [0.1, 0.15) is 12.6 Å². The summed E-state index contributed by atoms with van der Waals surface area (Å²) in [6.07, 6.45) is 2.22. The van der Waals surface area contributed by atoms with Crippen LogP contribution in [0.3, 0.4) is 0 Å². The molecule has 0 aromatic heterocycles. The summed E-state index contributed by atoms with van der Waals surface area (Å²) in [6, 6.07) is 15.4. The number of nitrogens with one attached hydrogen (secondary N) is 1. The maximum atomic E-state index is 13.6. The standard InChI is InChI=1S/C24H32BrN3O4S/c1-5-18(3)26-24(30)21(6-2)27(16-19-12-8-7-9-13-19)23(29)17-28(33(4,31)32)22-15-11-10-14-20(22)25/h7-15,18,21H,5-6,16-17H2,1-4H3,(H,26,30). The molecule has 0 aliphatic heterocycles. The molecule has 2 atom stereocenters. The Morgan fingerprint density at radius 3 is 2.15 bits per heavy atom. The largest absolute Gasteiger partial charge is 0.352 e. The van der Waals surface area contributed by atoms with E-state index in [0.29, 0.717) is 16.6 Å². The van der Waals surface area contributed by atoms with Gasteiger partial charge < -0.3 is 10.2 Å². The summed E-state index contributed by atoms with van der Waals surface area (Å²) in [4.78, 5) is 28.1. The molecule has 0 aliphatic carbocycles. The van der Waals surface area contributed by atoms with E-state index < -0.39 is 28.5 Å². The third-order valence-corrected chi connectivity index (χ3v) is 7.18. The van der Waals surface area contributed by atoms with Crippen molar-refractivity contribution < 1.29 is 18.0 Å². The van der Waals surface area contributed by atoms with Crippen LogP contribution in [0, 0.1) is 0 Å². The molecule has 0 saturated heterocycles. The van der Waals surface area contributed by atoms with Crippen molar-refractivity contribution in [3.8, 4) is 0 Å². The van der Waals surface area contributed by atoms with Gasteiger partial charge in [-0.05, 0) is 53.4 Å². The van der Waals surface area contributed by atoms with E-state index in [9.17, 15) is 18.0 Å². The summed E-state index contributed by atoms with van der Waals surface area (Å²) in [7, 11) is -3.76. The molecule has 1 N–H and O–H groups in total. The molecule has 180 valence electrons. The number of anilines is 1. The van der Waals surface area contributed by atoms with Crippen molar-refractivity contribution in [1.82, 2.24) is 10.2 Å². The molecule has 2 amide bonds. The van der Waals surface area contributed by atoms with E-state index in [1.165, 1.54) is 4.90 Å². The van der Waals surface area contributed by atoms with Crippen molar-refractivity contribution in [3.05, 3.63) is 64.6 Å². The zero-order valence-electron chi connectivity index (χ0n) is 19.5. The third kappa shape index (κ3) is 7.57. The third-order valence-electron chi connectivity index (χ3n) is 5.38. The first-order valence-electron chi connectivity index (χ1n) is 10.9. The number of carbonyl (C=O) groups excluding carboxylic acids is 2. The predicted molar refractivity (Wildman–Crippen MR) is 135 cm³/mol. The maximum Gasteiger partial charge on any atom is 0.244 e. The van der Waals surface area contributed by atoms with Crippen molar-refractivity contribution >= 4 is 43.5 Å². The maximum absolute atomic E-state index is 13.6. The highest BCUT2D eigenvalue weighted by Gasteiger charge is 2.32. The molecular formula is C24H32BrN3O4S. The molecule has 2 unspecified atom stereocenters. The van der Waals surface area contributed by atoms with Gasteiger partial charge in [-0.2, -0.15) is 0 Å². The second-order valence-corrected chi connectivity index (χ2v) is 10.7. The number of carbonyl (C=O) groups is 2. The number of para-hydroxylation sites is 1. The Bertz CT molecular complexity index is 1050. The monoisotopic (exact) mass is 537 g/mol. The van der Waals surface area contributed by atoms with E-state index in [0.717, 1.165) is 22.5 Å². The Labute approximate surface area is 205 Å². The zero-order valence-corrected chi connectivity index (χ0v) is 21.9. The minimum absolute atomic E-state index is 0.0342. The summed E-state index contributed by atoms with van der Waals surface area (Å²) in [5.74, 6) is -0.700. The van der Waals surface area contributed by atoms with Gasteiger partial charge in [-0.3, -0.25) is 13.9 Å². The molecule has 0 heterocycles. The molecule has 2 aromatic carbocycles. The fraction of sp³-hybridized carbons (Fsp3) is 0.417. The van der Waals surface area contributed by atoms with Gasteiger partial charge in [-0.15, -0.1) is 0 Å². The Balaban J connectivity index is 2.42.